The van der Waals surface area contributed by atoms with Crippen LogP contribution in [0.1, 0.15) is 30.5 Å². The van der Waals surface area contributed by atoms with Crippen molar-refractivity contribution < 1.29 is 9.59 Å². The van der Waals surface area contributed by atoms with Crippen LogP contribution in [0.5, 0.6) is 0 Å². The highest BCUT2D eigenvalue weighted by atomic mass is 16.2. The van der Waals surface area contributed by atoms with Crippen LogP contribution in [-0.4, -0.2) is 34.7 Å². The monoisotopic (exact) mass is 338 g/mol. The highest BCUT2D eigenvalue weighted by Gasteiger charge is 2.18. The van der Waals surface area contributed by atoms with E-state index in [0.717, 1.165) is 16.7 Å². The van der Waals surface area contributed by atoms with E-state index in [4.69, 9.17) is 0 Å². The normalized spacial score (nSPS) is 10.4. The maximum Gasteiger partial charge on any atom is 0.242 e. The lowest BCUT2D eigenvalue weighted by Gasteiger charge is -2.26. The van der Waals surface area contributed by atoms with Gasteiger partial charge in [0.05, 0.1) is 0 Å². The Bertz CT molecular complexity index is 713. The molecule has 132 valence electrons. The second-order valence-corrected chi connectivity index (χ2v) is 6.26. The smallest absolute Gasteiger partial charge is 0.242 e. The quantitative estimate of drug-likeness (QED) is 0.776. The Balaban J connectivity index is 2.04. The molecule has 0 saturated heterocycles. The standard InChI is InChI=1S/C21H26N2O2/c1-4-22(14-19-10-6-5-7-11-19)21(25)16-23(18(3)24)15-20-12-8-9-17(2)13-20/h5-13H,4,14-16H2,1-3H3. The van der Waals surface area contributed by atoms with E-state index in [2.05, 4.69) is 0 Å². The lowest BCUT2D eigenvalue weighted by molar-refractivity contribution is -0.140. The van der Waals surface area contributed by atoms with Crippen LogP contribution in [-0.2, 0) is 22.7 Å². The summed E-state index contributed by atoms with van der Waals surface area (Å²) in [6.07, 6.45) is 0. The zero-order valence-corrected chi connectivity index (χ0v) is 15.2. The van der Waals surface area contributed by atoms with Crippen LogP contribution in [0.4, 0.5) is 0 Å². The maximum absolute atomic E-state index is 12.7. The third-order valence-corrected chi connectivity index (χ3v) is 4.18. The molecule has 2 aromatic carbocycles. The van der Waals surface area contributed by atoms with E-state index in [-0.39, 0.29) is 18.4 Å². The van der Waals surface area contributed by atoms with Crippen LogP contribution in [0.3, 0.4) is 0 Å². The van der Waals surface area contributed by atoms with Crippen LogP contribution < -0.4 is 0 Å². The maximum atomic E-state index is 12.7. The number of nitrogens with zero attached hydrogens (tertiary/aromatic N) is 2. The second-order valence-electron chi connectivity index (χ2n) is 6.26. The van der Waals surface area contributed by atoms with Gasteiger partial charge in [0, 0.05) is 26.6 Å². The second kappa shape index (κ2) is 9.02. The van der Waals surface area contributed by atoms with Crippen molar-refractivity contribution in [2.24, 2.45) is 0 Å². The molecule has 0 fully saturated rings. The van der Waals surface area contributed by atoms with Gasteiger partial charge in [-0.2, -0.15) is 0 Å². The van der Waals surface area contributed by atoms with Crippen molar-refractivity contribution in [3.05, 3.63) is 71.3 Å². The molecular formula is C21H26N2O2. The molecule has 0 N–H and O–H groups in total. The molecular weight excluding hydrogens is 312 g/mol. The summed E-state index contributed by atoms with van der Waals surface area (Å²) in [6.45, 7) is 7.22. The van der Waals surface area contributed by atoms with Gasteiger partial charge in [0.15, 0.2) is 0 Å². The first-order chi connectivity index (χ1) is 12.0. The highest BCUT2D eigenvalue weighted by Crippen LogP contribution is 2.10. The SMILES string of the molecule is CCN(Cc1ccccc1)C(=O)CN(Cc1cccc(C)c1)C(C)=O. The molecule has 0 aliphatic carbocycles. The zero-order chi connectivity index (χ0) is 18.2. The Labute approximate surface area is 150 Å². The number of benzene rings is 2. The fraction of sp³-hybridized carbons (Fsp3) is 0.333. The Morgan fingerprint density at radius 1 is 0.880 bits per heavy atom. The lowest BCUT2D eigenvalue weighted by atomic mass is 10.1. The molecule has 4 heteroatoms. The minimum absolute atomic E-state index is 0.0331. The first kappa shape index (κ1) is 18.7. The summed E-state index contributed by atoms with van der Waals surface area (Å²) in [5.41, 5.74) is 3.27. The predicted octanol–water partition coefficient (Wildman–Crippen LogP) is 3.39. The molecule has 4 nitrogen and oxygen atoms in total. The molecule has 0 atom stereocenters. The summed E-state index contributed by atoms with van der Waals surface area (Å²) >= 11 is 0. The van der Waals surface area contributed by atoms with Crippen molar-refractivity contribution in [1.82, 2.24) is 9.80 Å². The van der Waals surface area contributed by atoms with Gasteiger partial charge < -0.3 is 9.80 Å². The van der Waals surface area contributed by atoms with E-state index in [1.807, 2.05) is 68.4 Å². The van der Waals surface area contributed by atoms with Gasteiger partial charge in [-0.1, -0.05) is 60.2 Å². The summed E-state index contributed by atoms with van der Waals surface area (Å²) in [5.74, 6) is -0.125. The zero-order valence-electron chi connectivity index (χ0n) is 15.2. The first-order valence-electron chi connectivity index (χ1n) is 8.62. The van der Waals surface area contributed by atoms with Crippen molar-refractivity contribution in [3.63, 3.8) is 0 Å². The molecule has 2 amide bonds. The number of carbonyl (C=O) groups is 2. The van der Waals surface area contributed by atoms with E-state index in [9.17, 15) is 9.59 Å². The summed E-state index contributed by atoms with van der Waals surface area (Å²) < 4.78 is 0. The molecule has 25 heavy (non-hydrogen) atoms. The summed E-state index contributed by atoms with van der Waals surface area (Å²) in [5, 5.41) is 0. The van der Waals surface area contributed by atoms with Crippen LogP contribution >= 0.6 is 0 Å². The van der Waals surface area contributed by atoms with Crippen LogP contribution in [0.25, 0.3) is 0 Å². The third kappa shape index (κ3) is 5.75. The molecule has 0 spiro atoms. The average Bonchev–Trinajstić information content (AvgIpc) is 2.59. The van der Waals surface area contributed by atoms with E-state index in [0.29, 0.717) is 19.6 Å². The number of carbonyl (C=O) groups excluding carboxylic acids is 2. The Kier molecular flexibility index (Phi) is 6.75. The summed E-state index contributed by atoms with van der Waals surface area (Å²) in [4.78, 5) is 28.1. The molecule has 0 heterocycles. The molecule has 0 radical (unpaired) electrons. The molecule has 0 unspecified atom stereocenters. The van der Waals surface area contributed by atoms with Crippen LogP contribution in [0, 0.1) is 6.92 Å². The predicted molar refractivity (Wildman–Crippen MR) is 99.8 cm³/mol. The van der Waals surface area contributed by atoms with Gasteiger partial charge in [-0.3, -0.25) is 9.59 Å². The summed E-state index contributed by atoms with van der Waals surface area (Å²) in [7, 11) is 0. The third-order valence-electron chi connectivity index (χ3n) is 4.18. The largest absolute Gasteiger partial charge is 0.337 e. The van der Waals surface area contributed by atoms with Gasteiger partial charge in [-0.25, -0.2) is 0 Å². The van der Waals surface area contributed by atoms with Gasteiger partial charge >= 0.3 is 0 Å². The van der Waals surface area contributed by atoms with Crippen molar-refractivity contribution in [2.75, 3.05) is 13.1 Å². The molecule has 2 rings (SSSR count). The topological polar surface area (TPSA) is 40.6 Å². The number of rotatable bonds is 7. The van der Waals surface area contributed by atoms with Gasteiger partial charge in [0.25, 0.3) is 0 Å². The molecule has 2 aromatic rings. The van der Waals surface area contributed by atoms with Gasteiger partial charge in [-0.05, 0) is 25.0 Å². The van der Waals surface area contributed by atoms with Crippen LogP contribution in [0.15, 0.2) is 54.6 Å². The van der Waals surface area contributed by atoms with E-state index in [1.54, 1.807) is 9.80 Å². The Morgan fingerprint density at radius 2 is 1.52 bits per heavy atom. The molecule has 0 aliphatic heterocycles. The summed E-state index contributed by atoms with van der Waals surface area (Å²) in [6, 6.07) is 17.9. The minimum atomic E-state index is -0.0920. The van der Waals surface area contributed by atoms with Crippen molar-refractivity contribution in [2.45, 2.75) is 33.9 Å². The fourth-order valence-corrected chi connectivity index (χ4v) is 2.75. The van der Waals surface area contributed by atoms with Gasteiger partial charge in [-0.15, -0.1) is 0 Å². The van der Waals surface area contributed by atoms with Crippen LogP contribution in [0.2, 0.25) is 0 Å². The number of hydrogen-bond donors (Lipinski definition) is 0. The number of aryl methyl sites for hydroxylation is 1. The van der Waals surface area contributed by atoms with E-state index < -0.39 is 0 Å². The molecule has 0 aliphatic rings. The van der Waals surface area contributed by atoms with Gasteiger partial charge in [0.2, 0.25) is 11.8 Å². The van der Waals surface area contributed by atoms with Gasteiger partial charge in [0.1, 0.15) is 6.54 Å². The fourth-order valence-electron chi connectivity index (χ4n) is 2.75. The minimum Gasteiger partial charge on any atom is -0.337 e. The van der Waals surface area contributed by atoms with Crippen molar-refractivity contribution >= 4 is 11.8 Å². The molecule has 0 aromatic heterocycles. The highest BCUT2D eigenvalue weighted by molar-refractivity contribution is 5.83. The average molecular weight is 338 g/mol. The van der Waals surface area contributed by atoms with E-state index in [1.165, 1.54) is 6.92 Å². The Morgan fingerprint density at radius 3 is 2.12 bits per heavy atom. The van der Waals surface area contributed by atoms with E-state index >= 15 is 0 Å². The number of amides is 2. The number of hydrogen-bond acceptors (Lipinski definition) is 2. The first-order valence-corrected chi connectivity index (χ1v) is 8.62. The van der Waals surface area contributed by atoms with Crippen molar-refractivity contribution in [3.8, 4) is 0 Å². The lowest BCUT2D eigenvalue weighted by Crippen LogP contribution is -2.41. The molecule has 0 bridgehead atoms. The molecule has 0 saturated carbocycles. The van der Waals surface area contributed by atoms with Crippen molar-refractivity contribution in [1.29, 1.82) is 0 Å². The number of likely N-dealkylation sites (N-methyl/N-ethyl adjacent to an activating group) is 1. The Hall–Kier alpha value is -2.62.